The Kier molecular flexibility index (Phi) is 33.0. The maximum absolute atomic E-state index is 12.8. The SMILES string of the molecule is CCCCC/C=C/C/C=C/C/C=C/C/C=C/C/C=C/CCC(=O)OC[C@@H](COP(=O)(O)OC1C(O)C(O)C(O)[C@H](O)C1O)OC(=O)CCCCCCC/C=C/CCCCC. The number of unbranched alkanes of at least 4 members (excludes halogenated alkanes) is 11. The third kappa shape index (κ3) is 28.0. The van der Waals surface area contributed by atoms with Gasteiger partial charge in [-0.25, -0.2) is 4.57 Å². The van der Waals surface area contributed by atoms with E-state index in [0.717, 1.165) is 64.2 Å². The molecule has 0 aromatic rings. The van der Waals surface area contributed by atoms with Crippen LogP contribution in [0, 0.1) is 0 Å². The van der Waals surface area contributed by atoms with Crippen LogP contribution in [0.2, 0.25) is 0 Å². The van der Waals surface area contributed by atoms with Crippen molar-refractivity contribution in [3.63, 3.8) is 0 Å². The smallest absolute Gasteiger partial charge is 0.462 e. The second-order valence-electron chi connectivity index (χ2n) is 15.2. The third-order valence-electron chi connectivity index (χ3n) is 9.78. The lowest BCUT2D eigenvalue weighted by molar-refractivity contribution is -0.220. The van der Waals surface area contributed by atoms with Gasteiger partial charge in [-0.3, -0.25) is 18.6 Å². The van der Waals surface area contributed by atoms with E-state index < -0.39 is 75.7 Å². The summed E-state index contributed by atoms with van der Waals surface area (Å²) >= 11 is 0. The van der Waals surface area contributed by atoms with E-state index in [9.17, 15) is 44.6 Å². The van der Waals surface area contributed by atoms with Crippen LogP contribution in [0.1, 0.15) is 149 Å². The lowest BCUT2D eigenvalue weighted by Crippen LogP contribution is -2.64. The summed E-state index contributed by atoms with van der Waals surface area (Å²) in [5.74, 6) is -1.21. The largest absolute Gasteiger partial charge is 0.472 e. The number of rotatable bonds is 35. The molecule has 0 aromatic heterocycles. The summed E-state index contributed by atoms with van der Waals surface area (Å²) in [7, 11) is -5.14. The number of esters is 2. The lowest BCUT2D eigenvalue weighted by atomic mass is 9.85. The highest BCUT2D eigenvalue weighted by Crippen LogP contribution is 2.47. The standard InChI is InChI=1S/C46H77O13P/c1-3-5-7-9-11-13-15-17-18-19-20-21-22-23-25-26-28-30-32-34-39(47)56-36-38(58-40(48)35-33-31-29-27-24-16-14-12-10-8-6-4-2)37-57-60(54,55)59-46-44(52)42(50)41(49)43(51)45(46)53/h11-14,17-18,20-21,23,25,28,30,38,41-46,49-53H,3-10,15-16,19,22,24,26-27,29,31-37H2,1-2H3,(H,54,55)/b13-11+,14-12+,18-17+,21-20+,25-23+,30-28+/t38-,41?,42-,43?,44?,45?,46?/m0/s1. The molecule has 8 atom stereocenters. The number of hydrogen-bond acceptors (Lipinski definition) is 12. The van der Waals surface area contributed by atoms with Crippen LogP contribution < -0.4 is 0 Å². The van der Waals surface area contributed by atoms with Crippen molar-refractivity contribution >= 4 is 19.8 Å². The van der Waals surface area contributed by atoms with Gasteiger partial charge >= 0.3 is 19.8 Å². The lowest BCUT2D eigenvalue weighted by Gasteiger charge is -2.41. The van der Waals surface area contributed by atoms with Crippen molar-refractivity contribution in [1.29, 1.82) is 0 Å². The molecule has 6 unspecified atom stereocenters. The maximum Gasteiger partial charge on any atom is 0.472 e. The second-order valence-corrected chi connectivity index (χ2v) is 16.6. The quantitative estimate of drug-likeness (QED) is 0.0153. The van der Waals surface area contributed by atoms with Crippen molar-refractivity contribution in [3.8, 4) is 0 Å². The minimum absolute atomic E-state index is 0.0385. The highest BCUT2D eigenvalue weighted by atomic mass is 31.2. The molecule has 1 saturated carbocycles. The van der Waals surface area contributed by atoms with Gasteiger partial charge in [0, 0.05) is 12.8 Å². The summed E-state index contributed by atoms with van der Waals surface area (Å²) in [6.45, 7) is 3.15. The van der Waals surface area contributed by atoms with E-state index >= 15 is 0 Å². The molecule has 0 bridgehead atoms. The molecule has 6 N–H and O–H groups in total. The number of carbonyl (C=O) groups excluding carboxylic acids is 2. The van der Waals surface area contributed by atoms with Gasteiger partial charge in [0.2, 0.25) is 0 Å². The fourth-order valence-electron chi connectivity index (χ4n) is 6.14. The molecule has 344 valence electrons. The van der Waals surface area contributed by atoms with Crippen molar-refractivity contribution in [3.05, 3.63) is 72.9 Å². The van der Waals surface area contributed by atoms with Crippen LogP contribution in [0.3, 0.4) is 0 Å². The Morgan fingerprint density at radius 1 is 0.517 bits per heavy atom. The molecule has 0 saturated heterocycles. The summed E-state index contributed by atoms with van der Waals surface area (Å²) in [4.78, 5) is 35.6. The molecule has 0 spiro atoms. The van der Waals surface area contributed by atoms with Crippen LogP contribution in [0.15, 0.2) is 72.9 Å². The van der Waals surface area contributed by atoms with Gasteiger partial charge in [-0.05, 0) is 77.0 Å². The molecule has 0 heterocycles. The summed E-state index contributed by atoms with van der Waals surface area (Å²) < 4.78 is 33.4. The molecular formula is C46H77O13P. The van der Waals surface area contributed by atoms with Crippen molar-refractivity contribution in [2.24, 2.45) is 0 Å². The Hall–Kier alpha value is -2.71. The predicted molar refractivity (Wildman–Crippen MR) is 235 cm³/mol. The molecule has 14 heteroatoms. The number of carbonyl (C=O) groups is 2. The van der Waals surface area contributed by atoms with E-state index in [2.05, 4.69) is 68.5 Å². The number of phosphoric ester groups is 1. The predicted octanol–water partition coefficient (Wildman–Crippen LogP) is 8.33. The van der Waals surface area contributed by atoms with E-state index in [1.165, 1.54) is 38.5 Å². The Morgan fingerprint density at radius 2 is 0.933 bits per heavy atom. The van der Waals surface area contributed by atoms with Gasteiger partial charge in [0.15, 0.2) is 6.10 Å². The number of ether oxygens (including phenoxy) is 2. The van der Waals surface area contributed by atoms with Crippen LogP contribution in [-0.2, 0) is 32.7 Å². The van der Waals surface area contributed by atoms with Crippen LogP contribution in [0.5, 0.6) is 0 Å². The summed E-state index contributed by atoms with van der Waals surface area (Å²) in [6, 6.07) is 0. The first-order valence-corrected chi connectivity index (χ1v) is 23.7. The van der Waals surface area contributed by atoms with Crippen LogP contribution in [0.4, 0.5) is 0 Å². The fourth-order valence-corrected chi connectivity index (χ4v) is 7.12. The van der Waals surface area contributed by atoms with E-state index in [-0.39, 0.29) is 12.8 Å². The molecule has 13 nitrogen and oxygen atoms in total. The van der Waals surface area contributed by atoms with Crippen molar-refractivity contribution < 1.29 is 63.1 Å². The highest BCUT2D eigenvalue weighted by Gasteiger charge is 2.51. The van der Waals surface area contributed by atoms with Crippen molar-refractivity contribution in [1.82, 2.24) is 0 Å². The molecule has 60 heavy (non-hydrogen) atoms. The number of aliphatic hydroxyl groups is 5. The molecule has 0 amide bonds. The normalized spacial score (nSPS) is 22.9. The van der Waals surface area contributed by atoms with Crippen molar-refractivity contribution in [2.75, 3.05) is 13.2 Å². The minimum atomic E-state index is -5.14. The molecule has 1 fully saturated rings. The number of hydrogen-bond donors (Lipinski definition) is 6. The highest BCUT2D eigenvalue weighted by molar-refractivity contribution is 7.47. The average Bonchev–Trinajstić information content (AvgIpc) is 3.23. The first-order valence-electron chi connectivity index (χ1n) is 22.2. The number of phosphoric acid groups is 1. The van der Waals surface area contributed by atoms with E-state index in [1.807, 2.05) is 18.2 Å². The number of aliphatic hydroxyl groups excluding tert-OH is 5. The van der Waals surface area contributed by atoms with Crippen LogP contribution in [0.25, 0.3) is 0 Å². The van der Waals surface area contributed by atoms with Gasteiger partial charge in [-0.2, -0.15) is 0 Å². The maximum atomic E-state index is 12.8. The summed E-state index contributed by atoms with van der Waals surface area (Å²) in [6.07, 6.45) is 31.2. The second kappa shape index (κ2) is 35.8. The monoisotopic (exact) mass is 869 g/mol. The zero-order chi connectivity index (χ0) is 44.3. The van der Waals surface area contributed by atoms with Gasteiger partial charge in [0.1, 0.15) is 43.2 Å². The molecule has 1 rings (SSSR count). The summed E-state index contributed by atoms with van der Waals surface area (Å²) in [5, 5.41) is 50.1. The molecular weight excluding hydrogens is 791 g/mol. The zero-order valence-electron chi connectivity index (χ0n) is 36.2. The van der Waals surface area contributed by atoms with E-state index in [4.69, 9.17) is 18.5 Å². The van der Waals surface area contributed by atoms with Crippen LogP contribution in [-0.4, -0.2) is 98.3 Å². The van der Waals surface area contributed by atoms with Gasteiger partial charge in [0.05, 0.1) is 6.61 Å². The molecule has 0 aliphatic heterocycles. The Labute approximate surface area is 359 Å². The first kappa shape index (κ1) is 55.3. The number of allylic oxidation sites excluding steroid dienone is 12. The zero-order valence-corrected chi connectivity index (χ0v) is 37.1. The average molecular weight is 869 g/mol. The van der Waals surface area contributed by atoms with Gasteiger partial charge in [-0.15, -0.1) is 0 Å². The molecule has 1 aliphatic rings. The van der Waals surface area contributed by atoms with Crippen molar-refractivity contribution in [2.45, 2.75) is 191 Å². The van der Waals surface area contributed by atoms with Crippen LogP contribution >= 0.6 is 7.82 Å². The Balaban J connectivity index is 2.53. The van der Waals surface area contributed by atoms with Gasteiger partial charge in [0.25, 0.3) is 0 Å². The topological polar surface area (TPSA) is 210 Å². The van der Waals surface area contributed by atoms with Gasteiger partial charge in [-0.1, -0.05) is 132 Å². The molecule has 0 aromatic carbocycles. The fraction of sp³-hybridized carbons (Fsp3) is 0.696. The van der Waals surface area contributed by atoms with E-state index in [1.54, 1.807) is 0 Å². The first-order chi connectivity index (χ1) is 28.9. The van der Waals surface area contributed by atoms with E-state index in [0.29, 0.717) is 19.3 Å². The third-order valence-corrected chi connectivity index (χ3v) is 10.8. The Morgan fingerprint density at radius 3 is 1.45 bits per heavy atom. The Bertz CT molecular complexity index is 1330. The summed E-state index contributed by atoms with van der Waals surface area (Å²) in [5.41, 5.74) is 0. The van der Waals surface area contributed by atoms with Gasteiger partial charge < -0.3 is 39.9 Å². The molecule has 1 aliphatic carbocycles. The minimum Gasteiger partial charge on any atom is -0.462 e. The molecule has 0 radical (unpaired) electrons.